The van der Waals surface area contributed by atoms with Crippen molar-refractivity contribution >= 4 is 5.97 Å². The minimum absolute atomic E-state index is 0.116. The molecule has 1 saturated heterocycles. The lowest BCUT2D eigenvalue weighted by Gasteiger charge is -2.36. The molecule has 1 aromatic heterocycles. The van der Waals surface area contributed by atoms with Gasteiger partial charge in [0.1, 0.15) is 17.5 Å². The van der Waals surface area contributed by atoms with Crippen molar-refractivity contribution < 1.29 is 19.4 Å². The highest BCUT2D eigenvalue weighted by atomic mass is 16.5. The first-order valence-electron chi connectivity index (χ1n) is 8.18. The van der Waals surface area contributed by atoms with E-state index in [0.29, 0.717) is 30.2 Å². The van der Waals surface area contributed by atoms with Crippen LogP contribution in [0.15, 0.2) is 30.6 Å². The average molecular weight is 346 g/mol. The molecule has 8 heteroatoms. The Labute approximate surface area is 146 Å². The van der Waals surface area contributed by atoms with E-state index in [4.69, 9.17) is 9.47 Å². The summed E-state index contributed by atoms with van der Waals surface area (Å²) in [6.45, 7) is 1.31. The van der Waals surface area contributed by atoms with Gasteiger partial charge >= 0.3 is 5.97 Å². The fraction of sp³-hybridized carbons (Fsp3) is 0.471. The zero-order chi connectivity index (χ0) is 17.8. The standard InChI is InChI=1S/C17H22N4O4/c1-24-14-8-12(9-15(10-14)25-2)16(17(22)23)20-6-3-4-13(11-20)21-7-5-18-19-21/h5,7-10,13,16H,3-4,6,11H2,1-2H3,(H,22,23). The van der Waals surface area contributed by atoms with Crippen molar-refractivity contribution in [3.63, 3.8) is 0 Å². The van der Waals surface area contributed by atoms with Gasteiger partial charge in [-0.05, 0) is 37.1 Å². The Kier molecular flexibility index (Phi) is 5.18. The van der Waals surface area contributed by atoms with Crippen LogP contribution in [-0.2, 0) is 4.79 Å². The van der Waals surface area contributed by atoms with Crippen molar-refractivity contribution in [3.05, 3.63) is 36.2 Å². The zero-order valence-corrected chi connectivity index (χ0v) is 14.3. The first kappa shape index (κ1) is 17.2. The van der Waals surface area contributed by atoms with Gasteiger partial charge in [0.15, 0.2) is 0 Å². The number of piperidine rings is 1. The van der Waals surface area contributed by atoms with Crippen molar-refractivity contribution in [1.29, 1.82) is 0 Å². The van der Waals surface area contributed by atoms with Gasteiger partial charge in [0.2, 0.25) is 0 Å². The number of nitrogens with zero attached hydrogens (tertiary/aromatic N) is 4. The van der Waals surface area contributed by atoms with E-state index in [1.54, 1.807) is 43.3 Å². The largest absolute Gasteiger partial charge is 0.497 e. The molecule has 25 heavy (non-hydrogen) atoms. The summed E-state index contributed by atoms with van der Waals surface area (Å²) in [7, 11) is 3.10. The molecule has 2 aromatic rings. The predicted molar refractivity (Wildman–Crippen MR) is 89.8 cm³/mol. The second-order valence-electron chi connectivity index (χ2n) is 6.06. The average Bonchev–Trinajstić information content (AvgIpc) is 3.16. The molecule has 2 unspecified atom stereocenters. The lowest BCUT2D eigenvalue weighted by molar-refractivity contribution is -0.144. The Balaban J connectivity index is 1.89. The number of aromatic nitrogens is 3. The maximum Gasteiger partial charge on any atom is 0.325 e. The van der Waals surface area contributed by atoms with E-state index >= 15 is 0 Å². The molecule has 0 saturated carbocycles. The van der Waals surface area contributed by atoms with Crippen LogP contribution in [-0.4, -0.2) is 58.3 Å². The number of benzene rings is 1. The summed E-state index contributed by atoms with van der Waals surface area (Å²) in [4.78, 5) is 14.0. The fourth-order valence-electron chi connectivity index (χ4n) is 3.34. The molecule has 1 aliphatic rings. The fourth-order valence-corrected chi connectivity index (χ4v) is 3.34. The van der Waals surface area contributed by atoms with Crippen molar-refractivity contribution in [3.8, 4) is 11.5 Å². The molecule has 1 aromatic carbocycles. The van der Waals surface area contributed by atoms with Gasteiger partial charge in [-0.2, -0.15) is 0 Å². The predicted octanol–water partition coefficient (Wildman–Crippen LogP) is 1.76. The molecule has 1 fully saturated rings. The second-order valence-corrected chi connectivity index (χ2v) is 6.06. The van der Waals surface area contributed by atoms with Crippen LogP contribution < -0.4 is 9.47 Å². The topological polar surface area (TPSA) is 89.7 Å². The molecular formula is C17H22N4O4. The number of carbonyl (C=O) groups is 1. The highest BCUT2D eigenvalue weighted by Gasteiger charge is 2.33. The summed E-state index contributed by atoms with van der Waals surface area (Å²) in [6, 6.07) is 4.58. The molecule has 2 heterocycles. The normalized spacial score (nSPS) is 19.4. The van der Waals surface area contributed by atoms with E-state index in [9.17, 15) is 9.90 Å². The minimum Gasteiger partial charge on any atom is -0.497 e. The van der Waals surface area contributed by atoms with Crippen LogP contribution >= 0.6 is 0 Å². The Morgan fingerprint density at radius 1 is 1.28 bits per heavy atom. The van der Waals surface area contributed by atoms with Crippen LogP contribution in [0.5, 0.6) is 11.5 Å². The van der Waals surface area contributed by atoms with Gasteiger partial charge in [-0.1, -0.05) is 5.21 Å². The van der Waals surface area contributed by atoms with E-state index < -0.39 is 12.0 Å². The lowest BCUT2D eigenvalue weighted by Crippen LogP contribution is -2.42. The van der Waals surface area contributed by atoms with Gasteiger partial charge in [0, 0.05) is 18.8 Å². The van der Waals surface area contributed by atoms with Crippen LogP contribution in [0.3, 0.4) is 0 Å². The molecule has 134 valence electrons. The molecule has 8 nitrogen and oxygen atoms in total. The maximum atomic E-state index is 12.0. The SMILES string of the molecule is COc1cc(OC)cc(C(C(=O)O)N2CCCC(n3ccnn3)C2)c1. The quantitative estimate of drug-likeness (QED) is 0.852. The van der Waals surface area contributed by atoms with E-state index in [2.05, 4.69) is 10.3 Å². The first-order valence-corrected chi connectivity index (χ1v) is 8.18. The molecule has 0 radical (unpaired) electrons. The Bertz CT molecular complexity index is 697. The highest BCUT2D eigenvalue weighted by molar-refractivity contribution is 5.76. The van der Waals surface area contributed by atoms with Crippen LogP contribution in [0.25, 0.3) is 0 Å². The third-order valence-corrected chi connectivity index (χ3v) is 4.53. The van der Waals surface area contributed by atoms with Crippen LogP contribution in [0.4, 0.5) is 0 Å². The van der Waals surface area contributed by atoms with E-state index in [-0.39, 0.29) is 6.04 Å². The van der Waals surface area contributed by atoms with E-state index in [1.165, 1.54) is 0 Å². The summed E-state index contributed by atoms with van der Waals surface area (Å²) in [5.74, 6) is 0.255. The van der Waals surface area contributed by atoms with Crippen LogP contribution in [0, 0.1) is 0 Å². The number of carboxylic acids is 1. The highest BCUT2D eigenvalue weighted by Crippen LogP contribution is 2.33. The van der Waals surface area contributed by atoms with Gasteiger partial charge in [0.25, 0.3) is 0 Å². The third kappa shape index (κ3) is 3.74. The first-order chi connectivity index (χ1) is 12.1. The molecule has 1 N–H and O–H groups in total. The van der Waals surface area contributed by atoms with E-state index in [0.717, 1.165) is 12.8 Å². The molecule has 0 spiro atoms. The molecule has 1 aliphatic heterocycles. The number of carboxylic acid groups (broad SMARTS) is 1. The zero-order valence-electron chi connectivity index (χ0n) is 14.3. The Hall–Kier alpha value is -2.61. The van der Waals surface area contributed by atoms with Crippen LogP contribution in [0.1, 0.15) is 30.5 Å². The Morgan fingerprint density at radius 3 is 2.56 bits per heavy atom. The molecule has 3 rings (SSSR count). The minimum atomic E-state index is -0.894. The van der Waals surface area contributed by atoms with Gasteiger partial charge < -0.3 is 14.6 Å². The number of likely N-dealkylation sites (tertiary alicyclic amines) is 1. The van der Waals surface area contributed by atoms with Crippen molar-refractivity contribution in [2.24, 2.45) is 0 Å². The van der Waals surface area contributed by atoms with Gasteiger partial charge in [-0.3, -0.25) is 9.69 Å². The summed E-state index contributed by atoms with van der Waals surface area (Å²) >= 11 is 0. The molecule has 0 aliphatic carbocycles. The number of methoxy groups -OCH3 is 2. The van der Waals surface area contributed by atoms with E-state index in [1.807, 2.05) is 11.1 Å². The second kappa shape index (κ2) is 7.52. The van der Waals surface area contributed by atoms with Crippen LogP contribution in [0.2, 0.25) is 0 Å². The summed E-state index contributed by atoms with van der Waals surface area (Å²) in [5, 5.41) is 17.8. The lowest BCUT2D eigenvalue weighted by atomic mass is 9.99. The molecular weight excluding hydrogens is 324 g/mol. The number of aliphatic carboxylic acids is 1. The van der Waals surface area contributed by atoms with Crippen molar-refractivity contribution in [1.82, 2.24) is 19.9 Å². The van der Waals surface area contributed by atoms with Gasteiger partial charge in [-0.15, -0.1) is 5.10 Å². The van der Waals surface area contributed by atoms with Crippen molar-refractivity contribution in [2.75, 3.05) is 27.3 Å². The van der Waals surface area contributed by atoms with Crippen molar-refractivity contribution in [2.45, 2.75) is 24.9 Å². The number of ether oxygens (including phenoxy) is 2. The molecule has 0 bridgehead atoms. The van der Waals surface area contributed by atoms with Gasteiger partial charge in [-0.25, -0.2) is 4.68 Å². The Morgan fingerprint density at radius 2 is 2.00 bits per heavy atom. The maximum absolute atomic E-state index is 12.0. The smallest absolute Gasteiger partial charge is 0.325 e. The summed E-state index contributed by atoms with van der Waals surface area (Å²) in [5.41, 5.74) is 0.642. The number of rotatable bonds is 6. The summed E-state index contributed by atoms with van der Waals surface area (Å²) in [6.07, 6.45) is 5.31. The number of hydrogen-bond acceptors (Lipinski definition) is 6. The molecule has 2 atom stereocenters. The summed E-state index contributed by atoms with van der Waals surface area (Å²) < 4.78 is 12.4. The number of hydrogen-bond donors (Lipinski definition) is 1. The molecule has 0 amide bonds. The van der Waals surface area contributed by atoms with Gasteiger partial charge in [0.05, 0.1) is 26.5 Å². The monoisotopic (exact) mass is 346 g/mol. The third-order valence-electron chi connectivity index (χ3n) is 4.53.